The van der Waals surface area contributed by atoms with Crippen LogP contribution in [-0.4, -0.2) is 32.3 Å². The number of methoxy groups -OCH3 is 1. The highest BCUT2D eigenvalue weighted by atomic mass is 35.5. The summed E-state index contributed by atoms with van der Waals surface area (Å²) < 4.78 is 86.0. The van der Waals surface area contributed by atoms with Gasteiger partial charge in [0.15, 0.2) is 0 Å². The van der Waals surface area contributed by atoms with Crippen molar-refractivity contribution in [3.05, 3.63) is 87.7 Å². The molecule has 1 amide bonds. The molecule has 0 saturated heterocycles. The molecule has 4 rings (SSSR count). The fourth-order valence-corrected chi connectivity index (χ4v) is 5.77. The molecule has 3 aromatic rings. The monoisotopic (exact) mass is 556 g/mol. The number of carbonyl (C=O) groups excluding carboxylic acids is 1. The molecule has 3 aromatic carbocycles. The molecule has 0 bridgehead atoms. The summed E-state index contributed by atoms with van der Waals surface area (Å²) in [5.41, 5.74) is -0.436. The Kier molecular flexibility index (Phi) is 7.50. The Morgan fingerprint density at radius 3 is 2.46 bits per heavy atom. The lowest BCUT2D eigenvalue weighted by Gasteiger charge is -2.30. The number of rotatable bonds is 6. The van der Waals surface area contributed by atoms with Gasteiger partial charge in [0, 0.05) is 13.1 Å². The number of sulfonamides is 1. The Balaban J connectivity index is 1.54. The van der Waals surface area contributed by atoms with E-state index in [0.29, 0.717) is 22.9 Å². The average Bonchev–Trinajstić information content (AvgIpc) is 2.86. The summed E-state index contributed by atoms with van der Waals surface area (Å²) in [4.78, 5) is 12.8. The molecule has 1 N–H and O–H groups in total. The molecule has 0 atom stereocenters. The molecule has 0 radical (unpaired) electrons. The van der Waals surface area contributed by atoms with Gasteiger partial charge in [0.2, 0.25) is 15.9 Å². The number of fused-ring (bicyclic) bond motifs is 1. The van der Waals surface area contributed by atoms with Crippen LogP contribution in [0, 0.1) is 5.82 Å². The minimum atomic E-state index is -4.89. The Hall–Kier alpha value is -3.15. The quantitative estimate of drug-likeness (QED) is 0.411. The van der Waals surface area contributed by atoms with Gasteiger partial charge in [0.1, 0.15) is 11.6 Å². The van der Waals surface area contributed by atoms with Crippen LogP contribution < -0.4 is 10.1 Å². The molecule has 6 nitrogen and oxygen atoms in total. The molecular formula is C25H21ClF4N2O4S. The summed E-state index contributed by atoms with van der Waals surface area (Å²) in [5, 5.41) is 2.74. The van der Waals surface area contributed by atoms with Gasteiger partial charge < -0.3 is 10.1 Å². The molecule has 1 aliphatic heterocycles. The first kappa shape index (κ1) is 26.9. The van der Waals surface area contributed by atoms with Crippen LogP contribution in [0.25, 0.3) is 0 Å². The largest absolute Gasteiger partial charge is 0.497 e. The number of anilines is 1. The van der Waals surface area contributed by atoms with E-state index in [1.807, 2.05) is 0 Å². The Labute approximate surface area is 215 Å². The maximum atomic E-state index is 14.4. The van der Waals surface area contributed by atoms with Gasteiger partial charge in [-0.1, -0.05) is 29.8 Å². The fourth-order valence-electron chi connectivity index (χ4n) is 4.13. The number of nitrogens with zero attached hydrogens (tertiary/aromatic N) is 1. The van der Waals surface area contributed by atoms with E-state index in [2.05, 4.69) is 5.32 Å². The first-order valence-electron chi connectivity index (χ1n) is 11.0. The Morgan fingerprint density at radius 2 is 1.81 bits per heavy atom. The third-order valence-electron chi connectivity index (χ3n) is 6.01. The Morgan fingerprint density at radius 1 is 1.11 bits per heavy atom. The number of amides is 1. The van der Waals surface area contributed by atoms with Crippen LogP contribution in [0.2, 0.25) is 5.02 Å². The number of nitrogens with one attached hydrogen (secondary N) is 1. The average molecular weight is 557 g/mol. The summed E-state index contributed by atoms with van der Waals surface area (Å²) >= 11 is 6.29. The third-order valence-corrected chi connectivity index (χ3v) is 8.19. The molecule has 12 heteroatoms. The van der Waals surface area contributed by atoms with Crippen molar-refractivity contribution in [3.63, 3.8) is 0 Å². The summed E-state index contributed by atoms with van der Waals surface area (Å²) in [6, 6.07) is 11.9. The molecule has 0 aromatic heterocycles. The van der Waals surface area contributed by atoms with Gasteiger partial charge in [-0.25, -0.2) is 12.8 Å². The fraction of sp³-hybridized carbons (Fsp3) is 0.240. The van der Waals surface area contributed by atoms with Crippen molar-refractivity contribution in [2.75, 3.05) is 19.0 Å². The van der Waals surface area contributed by atoms with Crippen molar-refractivity contribution in [1.29, 1.82) is 0 Å². The molecule has 0 spiro atoms. The highest BCUT2D eigenvalue weighted by Crippen LogP contribution is 2.35. The number of hydrogen-bond acceptors (Lipinski definition) is 4. The van der Waals surface area contributed by atoms with Crippen LogP contribution in [-0.2, 0) is 40.4 Å². The van der Waals surface area contributed by atoms with Gasteiger partial charge in [-0.2, -0.15) is 17.5 Å². The lowest BCUT2D eigenvalue weighted by molar-refractivity contribution is -0.140. The van der Waals surface area contributed by atoms with E-state index in [1.165, 1.54) is 29.6 Å². The van der Waals surface area contributed by atoms with Crippen molar-refractivity contribution in [1.82, 2.24) is 4.31 Å². The summed E-state index contributed by atoms with van der Waals surface area (Å²) in [5.74, 6) is -1.75. The van der Waals surface area contributed by atoms with Crippen LogP contribution >= 0.6 is 11.6 Å². The first-order chi connectivity index (χ1) is 17.4. The maximum absolute atomic E-state index is 14.4. The molecule has 0 fully saturated rings. The molecule has 1 aliphatic rings. The highest BCUT2D eigenvalue weighted by molar-refractivity contribution is 7.89. The van der Waals surface area contributed by atoms with Crippen molar-refractivity contribution in [3.8, 4) is 5.75 Å². The second-order valence-corrected chi connectivity index (χ2v) is 10.7. The van der Waals surface area contributed by atoms with Gasteiger partial charge in [-0.05, 0) is 59.5 Å². The minimum absolute atomic E-state index is 0.0198. The number of alkyl halides is 3. The van der Waals surface area contributed by atoms with Gasteiger partial charge in [-0.3, -0.25) is 4.79 Å². The predicted octanol–water partition coefficient (Wildman–Crippen LogP) is 5.43. The molecule has 0 unspecified atom stereocenters. The van der Waals surface area contributed by atoms with Crippen LogP contribution in [0.1, 0.15) is 22.3 Å². The van der Waals surface area contributed by atoms with Crippen molar-refractivity contribution in [2.24, 2.45) is 0 Å². The molecule has 0 saturated carbocycles. The zero-order valence-corrected chi connectivity index (χ0v) is 21.0. The van der Waals surface area contributed by atoms with Gasteiger partial charge in [0.05, 0.1) is 34.7 Å². The number of halogens is 5. The topological polar surface area (TPSA) is 75.7 Å². The van der Waals surface area contributed by atoms with E-state index in [1.54, 1.807) is 18.2 Å². The minimum Gasteiger partial charge on any atom is -0.497 e. The Bertz CT molecular complexity index is 1440. The molecule has 1 heterocycles. The number of carbonyl (C=O) groups is 1. The summed E-state index contributed by atoms with van der Waals surface area (Å²) in [6.07, 6.45) is -5.32. The standard InChI is InChI=1S/C25H21ClF4N2O4S/c1-36-17-6-8-18(9-7-17)37(34,35)32-12-11-19-16(14-32)5-10-21(26)24(19)31-22(33)13-15-3-2-4-20(23(15)27)25(28,29)30/h2-10H,11-14H2,1H3,(H,31,33). The van der Waals surface area contributed by atoms with Crippen LogP contribution in [0.5, 0.6) is 5.75 Å². The highest BCUT2D eigenvalue weighted by Gasteiger charge is 2.35. The number of benzene rings is 3. The normalized spacial score (nSPS) is 14.2. The van der Waals surface area contributed by atoms with Crippen LogP contribution in [0.3, 0.4) is 0 Å². The van der Waals surface area contributed by atoms with Gasteiger partial charge in [0.25, 0.3) is 0 Å². The van der Waals surface area contributed by atoms with E-state index in [0.717, 1.165) is 12.1 Å². The first-order valence-corrected chi connectivity index (χ1v) is 12.8. The second kappa shape index (κ2) is 10.3. The number of ether oxygens (including phenoxy) is 1. The van der Waals surface area contributed by atoms with Crippen LogP contribution in [0.15, 0.2) is 59.5 Å². The van der Waals surface area contributed by atoms with E-state index < -0.39 is 45.5 Å². The SMILES string of the molecule is COc1ccc(S(=O)(=O)N2CCc3c(ccc(Cl)c3NC(=O)Cc3cccc(C(F)(F)F)c3F)C2)cc1. The number of hydrogen-bond donors (Lipinski definition) is 1. The summed E-state index contributed by atoms with van der Waals surface area (Å²) in [6.45, 7) is 0.124. The van der Waals surface area contributed by atoms with Crippen molar-refractivity contribution in [2.45, 2.75) is 30.5 Å². The predicted molar refractivity (Wildman–Crippen MR) is 129 cm³/mol. The van der Waals surface area contributed by atoms with Crippen molar-refractivity contribution >= 4 is 33.2 Å². The van der Waals surface area contributed by atoms with E-state index in [4.69, 9.17) is 16.3 Å². The molecule has 196 valence electrons. The van der Waals surface area contributed by atoms with Gasteiger partial charge in [-0.15, -0.1) is 0 Å². The lowest BCUT2D eigenvalue weighted by atomic mass is 9.98. The lowest BCUT2D eigenvalue weighted by Crippen LogP contribution is -2.36. The van der Waals surface area contributed by atoms with Crippen molar-refractivity contribution < 1.29 is 35.5 Å². The molecule has 0 aliphatic carbocycles. The maximum Gasteiger partial charge on any atom is 0.419 e. The van der Waals surface area contributed by atoms with E-state index in [-0.39, 0.29) is 35.1 Å². The zero-order valence-electron chi connectivity index (χ0n) is 19.4. The van der Waals surface area contributed by atoms with Crippen LogP contribution in [0.4, 0.5) is 23.2 Å². The summed E-state index contributed by atoms with van der Waals surface area (Å²) in [7, 11) is -2.34. The van der Waals surface area contributed by atoms with Gasteiger partial charge >= 0.3 is 6.18 Å². The third kappa shape index (κ3) is 5.58. The molecular weight excluding hydrogens is 536 g/mol. The molecule has 37 heavy (non-hydrogen) atoms. The van der Waals surface area contributed by atoms with E-state index in [9.17, 15) is 30.8 Å². The second-order valence-electron chi connectivity index (χ2n) is 8.33. The smallest absolute Gasteiger partial charge is 0.419 e. The van der Waals surface area contributed by atoms with E-state index >= 15 is 0 Å². The zero-order chi connectivity index (χ0) is 27.0.